The minimum absolute atomic E-state index is 0.160. The van der Waals surface area contributed by atoms with Crippen molar-refractivity contribution in [3.8, 4) is 0 Å². The molecular formula is C20H20N4O. The smallest absolute Gasteiger partial charge is 0.269 e. The lowest BCUT2D eigenvalue weighted by Gasteiger charge is -2.07. The lowest BCUT2D eigenvalue weighted by atomic mass is 10.1. The molecule has 5 nitrogen and oxygen atoms in total. The zero-order chi connectivity index (χ0) is 17.3. The maximum Gasteiger partial charge on any atom is 0.269 e. The van der Waals surface area contributed by atoms with E-state index in [1.807, 2.05) is 54.6 Å². The molecule has 0 aliphatic heterocycles. The van der Waals surface area contributed by atoms with Gasteiger partial charge in [0.2, 0.25) is 0 Å². The summed E-state index contributed by atoms with van der Waals surface area (Å²) >= 11 is 0. The maximum absolute atomic E-state index is 12.1. The quantitative estimate of drug-likeness (QED) is 0.698. The van der Waals surface area contributed by atoms with E-state index in [0.717, 1.165) is 17.8 Å². The fourth-order valence-electron chi connectivity index (χ4n) is 2.38. The van der Waals surface area contributed by atoms with Gasteiger partial charge in [0.25, 0.3) is 5.91 Å². The Balaban J connectivity index is 1.47. The van der Waals surface area contributed by atoms with Gasteiger partial charge in [-0.05, 0) is 36.2 Å². The molecule has 3 rings (SSSR count). The minimum atomic E-state index is -0.160. The summed E-state index contributed by atoms with van der Waals surface area (Å²) in [6.07, 6.45) is 4.23. The van der Waals surface area contributed by atoms with Gasteiger partial charge in [0.1, 0.15) is 5.69 Å². The second kappa shape index (κ2) is 8.59. The van der Waals surface area contributed by atoms with Crippen molar-refractivity contribution in [2.75, 3.05) is 11.9 Å². The van der Waals surface area contributed by atoms with Crippen molar-refractivity contribution in [1.82, 2.24) is 15.3 Å². The van der Waals surface area contributed by atoms with Crippen LogP contribution in [0.3, 0.4) is 0 Å². The fraction of sp³-hybridized carbons (Fsp3) is 0.150. The predicted molar refractivity (Wildman–Crippen MR) is 98.3 cm³/mol. The summed E-state index contributed by atoms with van der Waals surface area (Å²) in [5, 5.41) is 6.13. The van der Waals surface area contributed by atoms with Crippen LogP contribution in [0.5, 0.6) is 0 Å². The molecule has 0 saturated heterocycles. The number of pyridine rings is 2. The molecule has 2 heterocycles. The van der Waals surface area contributed by atoms with Crippen LogP contribution in [-0.4, -0.2) is 22.4 Å². The molecule has 0 spiro atoms. The predicted octanol–water partition coefficient (Wildman–Crippen LogP) is 3.06. The third kappa shape index (κ3) is 5.14. The van der Waals surface area contributed by atoms with E-state index in [2.05, 4.69) is 20.6 Å². The average Bonchev–Trinajstić information content (AvgIpc) is 2.68. The fourth-order valence-corrected chi connectivity index (χ4v) is 2.38. The van der Waals surface area contributed by atoms with Crippen LogP contribution in [0.4, 0.5) is 5.69 Å². The van der Waals surface area contributed by atoms with Gasteiger partial charge < -0.3 is 10.6 Å². The Morgan fingerprint density at radius 3 is 2.48 bits per heavy atom. The highest BCUT2D eigenvalue weighted by Gasteiger charge is 2.06. The maximum atomic E-state index is 12.1. The average molecular weight is 332 g/mol. The van der Waals surface area contributed by atoms with Gasteiger partial charge in [0.05, 0.1) is 24.1 Å². The van der Waals surface area contributed by atoms with Gasteiger partial charge in [0, 0.05) is 12.7 Å². The standard InChI is InChI=1S/C20H20N4O/c25-20(22-13-11-16-6-2-1-3-7-16)19-10-9-18(15-24-19)23-14-17-8-4-5-12-21-17/h1-10,12,15,23H,11,13-14H2,(H,22,25). The van der Waals surface area contributed by atoms with Crippen molar-refractivity contribution in [2.24, 2.45) is 0 Å². The highest BCUT2D eigenvalue weighted by Crippen LogP contribution is 2.08. The summed E-state index contributed by atoms with van der Waals surface area (Å²) in [7, 11) is 0. The van der Waals surface area contributed by atoms with E-state index in [-0.39, 0.29) is 5.91 Å². The SMILES string of the molecule is O=C(NCCc1ccccc1)c1ccc(NCc2ccccn2)cn1. The van der Waals surface area contributed by atoms with E-state index >= 15 is 0 Å². The number of amides is 1. The van der Waals surface area contributed by atoms with Gasteiger partial charge in [-0.15, -0.1) is 0 Å². The van der Waals surface area contributed by atoms with Gasteiger partial charge in [-0.3, -0.25) is 9.78 Å². The molecule has 0 atom stereocenters. The number of nitrogens with zero attached hydrogens (tertiary/aromatic N) is 2. The third-order valence-electron chi connectivity index (χ3n) is 3.74. The number of carbonyl (C=O) groups excluding carboxylic acids is 1. The van der Waals surface area contributed by atoms with Crippen LogP contribution in [0, 0.1) is 0 Å². The molecule has 25 heavy (non-hydrogen) atoms. The molecule has 0 fully saturated rings. The van der Waals surface area contributed by atoms with Gasteiger partial charge >= 0.3 is 0 Å². The zero-order valence-electron chi connectivity index (χ0n) is 13.9. The first-order chi connectivity index (χ1) is 12.3. The molecule has 0 saturated carbocycles. The Kier molecular flexibility index (Phi) is 5.72. The van der Waals surface area contributed by atoms with Crippen molar-refractivity contribution in [3.63, 3.8) is 0 Å². The Hall–Kier alpha value is -3.21. The van der Waals surface area contributed by atoms with Gasteiger partial charge in [-0.2, -0.15) is 0 Å². The number of benzene rings is 1. The Bertz CT molecular complexity index is 789. The Labute approximate surface area is 147 Å². The molecule has 0 aliphatic carbocycles. The summed E-state index contributed by atoms with van der Waals surface area (Å²) in [6.45, 7) is 1.20. The van der Waals surface area contributed by atoms with Crippen LogP contribution < -0.4 is 10.6 Å². The van der Waals surface area contributed by atoms with Crippen LogP contribution >= 0.6 is 0 Å². The first-order valence-corrected chi connectivity index (χ1v) is 8.23. The molecule has 0 radical (unpaired) electrons. The number of nitrogens with one attached hydrogen (secondary N) is 2. The van der Waals surface area contributed by atoms with Crippen LogP contribution in [0.25, 0.3) is 0 Å². The number of hydrogen-bond donors (Lipinski definition) is 2. The molecule has 0 bridgehead atoms. The highest BCUT2D eigenvalue weighted by molar-refractivity contribution is 5.92. The molecule has 5 heteroatoms. The molecule has 1 aromatic carbocycles. The monoisotopic (exact) mass is 332 g/mol. The second-order valence-electron chi connectivity index (χ2n) is 5.60. The minimum Gasteiger partial charge on any atom is -0.378 e. The molecule has 126 valence electrons. The van der Waals surface area contributed by atoms with Gasteiger partial charge in [0.15, 0.2) is 0 Å². The summed E-state index contributed by atoms with van der Waals surface area (Å²) in [5.74, 6) is -0.160. The van der Waals surface area contributed by atoms with Crippen molar-refractivity contribution in [1.29, 1.82) is 0 Å². The largest absolute Gasteiger partial charge is 0.378 e. The Morgan fingerprint density at radius 2 is 1.76 bits per heavy atom. The first-order valence-electron chi connectivity index (χ1n) is 8.23. The van der Waals surface area contributed by atoms with Crippen LogP contribution in [-0.2, 0) is 13.0 Å². The summed E-state index contributed by atoms with van der Waals surface area (Å²) in [4.78, 5) is 20.6. The van der Waals surface area contributed by atoms with Gasteiger partial charge in [-0.25, -0.2) is 4.98 Å². The third-order valence-corrected chi connectivity index (χ3v) is 3.74. The van der Waals surface area contributed by atoms with Crippen LogP contribution in [0.2, 0.25) is 0 Å². The van der Waals surface area contributed by atoms with E-state index in [0.29, 0.717) is 18.8 Å². The molecule has 2 aromatic heterocycles. The molecule has 0 unspecified atom stereocenters. The van der Waals surface area contributed by atoms with E-state index < -0.39 is 0 Å². The van der Waals surface area contributed by atoms with Crippen molar-refractivity contribution in [2.45, 2.75) is 13.0 Å². The van der Waals surface area contributed by atoms with Crippen molar-refractivity contribution < 1.29 is 4.79 Å². The second-order valence-corrected chi connectivity index (χ2v) is 5.60. The number of rotatable bonds is 7. The molecule has 0 aliphatic rings. The number of hydrogen-bond acceptors (Lipinski definition) is 4. The Morgan fingerprint density at radius 1 is 0.920 bits per heavy atom. The van der Waals surface area contributed by atoms with E-state index in [4.69, 9.17) is 0 Å². The van der Waals surface area contributed by atoms with Crippen molar-refractivity contribution in [3.05, 3.63) is 90.0 Å². The van der Waals surface area contributed by atoms with Crippen LogP contribution in [0.15, 0.2) is 73.1 Å². The first kappa shape index (κ1) is 16.6. The number of aromatic nitrogens is 2. The lowest BCUT2D eigenvalue weighted by molar-refractivity contribution is 0.0949. The molecular weight excluding hydrogens is 312 g/mol. The summed E-state index contributed by atoms with van der Waals surface area (Å²) in [5.41, 5.74) is 3.41. The summed E-state index contributed by atoms with van der Waals surface area (Å²) in [6, 6.07) is 19.4. The van der Waals surface area contributed by atoms with Crippen LogP contribution in [0.1, 0.15) is 21.7 Å². The van der Waals surface area contributed by atoms with Gasteiger partial charge in [-0.1, -0.05) is 36.4 Å². The lowest BCUT2D eigenvalue weighted by Crippen LogP contribution is -2.26. The summed E-state index contributed by atoms with van der Waals surface area (Å²) < 4.78 is 0. The van der Waals surface area contributed by atoms with E-state index in [1.54, 1.807) is 18.5 Å². The molecule has 1 amide bonds. The molecule has 2 N–H and O–H groups in total. The topological polar surface area (TPSA) is 66.9 Å². The van der Waals surface area contributed by atoms with Crippen molar-refractivity contribution >= 4 is 11.6 Å². The molecule has 3 aromatic rings. The number of carbonyl (C=O) groups is 1. The number of anilines is 1. The normalized spacial score (nSPS) is 10.2. The highest BCUT2D eigenvalue weighted by atomic mass is 16.1. The van der Waals surface area contributed by atoms with E-state index in [9.17, 15) is 4.79 Å². The zero-order valence-corrected chi connectivity index (χ0v) is 13.9. The van der Waals surface area contributed by atoms with E-state index in [1.165, 1.54) is 5.56 Å².